The number of pyridine rings is 1. The number of anilines is 2. The van der Waals surface area contributed by atoms with Crippen molar-refractivity contribution in [1.29, 1.82) is 0 Å². The third kappa shape index (κ3) is 5.49. The maximum Gasteiger partial charge on any atom is 0.407 e. The van der Waals surface area contributed by atoms with E-state index in [9.17, 15) is 4.79 Å². The summed E-state index contributed by atoms with van der Waals surface area (Å²) >= 11 is 1.70. The Bertz CT molecular complexity index is 962. The quantitative estimate of drug-likeness (QED) is 0.607. The molecule has 0 saturated heterocycles. The first-order chi connectivity index (χ1) is 14.9. The van der Waals surface area contributed by atoms with Crippen LogP contribution in [0.5, 0.6) is 0 Å². The molecule has 2 aromatic rings. The molecule has 6 bridgehead atoms. The van der Waals surface area contributed by atoms with Gasteiger partial charge in [0.25, 0.3) is 0 Å². The van der Waals surface area contributed by atoms with E-state index in [0.29, 0.717) is 12.4 Å². The molecule has 10 heteroatoms. The van der Waals surface area contributed by atoms with Gasteiger partial charge in [-0.2, -0.15) is 5.10 Å². The number of hydrogen-bond donors (Lipinski definition) is 3. The van der Waals surface area contributed by atoms with Crippen LogP contribution < -0.4 is 10.6 Å². The Balaban J connectivity index is 1.59. The molecular formula is C21H28N6O3S. The predicted molar refractivity (Wildman–Crippen MR) is 120 cm³/mol. The summed E-state index contributed by atoms with van der Waals surface area (Å²) < 4.78 is 5.55. The molecule has 4 rings (SSSR count). The van der Waals surface area contributed by atoms with Gasteiger partial charge in [-0.15, -0.1) is 0 Å². The highest BCUT2D eigenvalue weighted by molar-refractivity contribution is 8.00. The minimum Gasteiger partial charge on any atom is -0.446 e. The molecule has 3 N–H and O–H groups in total. The third-order valence-corrected chi connectivity index (χ3v) is 6.56. The normalized spacial score (nSPS) is 26.3. The van der Waals surface area contributed by atoms with Crippen molar-refractivity contribution in [3.05, 3.63) is 30.0 Å². The van der Waals surface area contributed by atoms with Crippen LogP contribution in [0.4, 0.5) is 16.4 Å². The van der Waals surface area contributed by atoms with E-state index in [2.05, 4.69) is 37.9 Å². The lowest BCUT2D eigenvalue weighted by Crippen LogP contribution is -2.31. The van der Waals surface area contributed by atoms with Crippen molar-refractivity contribution in [2.75, 3.05) is 18.5 Å². The number of aromatic amines is 1. The molecule has 1 fully saturated rings. The summed E-state index contributed by atoms with van der Waals surface area (Å²) in [5.41, 5.74) is 1.46. The van der Waals surface area contributed by atoms with E-state index in [1.165, 1.54) is 0 Å². The summed E-state index contributed by atoms with van der Waals surface area (Å²) in [4.78, 5) is 22.3. The summed E-state index contributed by atoms with van der Waals surface area (Å²) in [6.45, 7) is 6.81. The van der Waals surface area contributed by atoms with Gasteiger partial charge in [-0.3, -0.25) is 5.10 Å². The molecule has 166 valence electrons. The van der Waals surface area contributed by atoms with Crippen molar-refractivity contribution in [1.82, 2.24) is 20.5 Å². The Hall–Kier alpha value is -2.75. The Labute approximate surface area is 185 Å². The van der Waals surface area contributed by atoms with Crippen LogP contribution in [0.3, 0.4) is 0 Å². The van der Waals surface area contributed by atoms with E-state index in [0.717, 1.165) is 41.5 Å². The number of fused-ring (bicyclic) bond motifs is 6. The average Bonchev–Trinajstić information content (AvgIpc) is 3.30. The molecule has 0 radical (unpaired) electrons. The number of nitrogens with one attached hydrogen (secondary N) is 3. The molecule has 1 saturated carbocycles. The van der Waals surface area contributed by atoms with Crippen LogP contribution in [-0.2, 0) is 9.57 Å². The van der Waals surface area contributed by atoms with Crippen molar-refractivity contribution in [3.63, 3.8) is 0 Å². The van der Waals surface area contributed by atoms with Gasteiger partial charge in [-0.1, -0.05) is 36.8 Å². The number of amides is 1. The van der Waals surface area contributed by atoms with Gasteiger partial charge in [-0.05, 0) is 38.3 Å². The maximum atomic E-state index is 12.1. The van der Waals surface area contributed by atoms with Gasteiger partial charge in [0.1, 0.15) is 35.1 Å². The van der Waals surface area contributed by atoms with Gasteiger partial charge < -0.3 is 20.2 Å². The van der Waals surface area contributed by atoms with E-state index in [-0.39, 0.29) is 23.4 Å². The standard InChI is InChI=1S/C21H28N6O3S/c1-13(2)19-15-5-4-6-16(23-15)24-17-11-18(26-25-17)31-21(3)8-7-14(12-21)30-20(28)22-9-10-29-27-19/h4-6,11,13-14H,7-10,12H2,1-3H3,(H,22,28)(H2,23,24,25,26)/b27-19+/t14-,21+/m1/s1. The summed E-state index contributed by atoms with van der Waals surface area (Å²) in [7, 11) is 0. The maximum absolute atomic E-state index is 12.1. The first kappa shape index (κ1) is 21.5. The zero-order valence-corrected chi connectivity index (χ0v) is 18.8. The number of H-pyrrole nitrogens is 1. The molecule has 1 aliphatic heterocycles. The van der Waals surface area contributed by atoms with Crippen LogP contribution in [0, 0.1) is 5.92 Å². The fraction of sp³-hybridized carbons (Fsp3) is 0.524. The van der Waals surface area contributed by atoms with Crippen LogP contribution >= 0.6 is 11.8 Å². The molecule has 2 aliphatic rings. The second-order valence-corrected chi connectivity index (χ2v) is 9.97. The molecule has 0 unspecified atom stereocenters. The molecule has 1 amide bonds. The summed E-state index contributed by atoms with van der Waals surface area (Å²) in [5, 5.41) is 18.6. The second-order valence-electron chi connectivity index (χ2n) is 8.37. The van der Waals surface area contributed by atoms with Gasteiger partial charge in [0.15, 0.2) is 0 Å². The summed E-state index contributed by atoms with van der Waals surface area (Å²) in [6.07, 6.45) is 2.04. The first-order valence-electron chi connectivity index (χ1n) is 10.5. The van der Waals surface area contributed by atoms with E-state index in [1.54, 1.807) is 11.8 Å². The monoisotopic (exact) mass is 444 g/mol. The van der Waals surface area contributed by atoms with Crippen LogP contribution in [0.1, 0.15) is 45.7 Å². The van der Waals surface area contributed by atoms with Crippen molar-refractivity contribution in [2.24, 2.45) is 11.1 Å². The number of alkyl carbamates (subject to hydrolysis) is 1. The molecular weight excluding hydrogens is 416 g/mol. The van der Waals surface area contributed by atoms with Crippen LogP contribution in [0.2, 0.25) is 0 Å². The largest absolute Gasteiger partial charge is 0.446 e. The zero-order chi connectivity index (χ0) is 21.8. The highest BCUT2D eigenvalue weighted by Crippen LogP contribution is 2.45. The molecule has 1 aliphatic carbocycles. The van der Waals surface area contributed by atoms with E-state index < -0.39 is 6.09 Å². The van der Waals surface area contributed by atoms with E-state index in [4.69, 9.17) is 9.57 Å². The number of carbonyl (C=O) groups excluding carboxylic acids is 1. The Kier molecular flexibility index (Phi) is 6.35. The molecule has 0 spiro atoms. The van der Waals surface area contributed by atoms with Gasteiger partial charge in [-0.25, -0.2) is 9.78 Å². The fourth-order valence-corrected chi connectivity index (χ4v) is 5.02. The minimum atomic E-state index is -0.422. The lowest BCUT2D eigenvalue weighted by Gasteiger charge is -2.22. The first-order valence-corrected chi connectivity index (χ1v) is 11.3. The topological polar surface area (TPSA) is 114 Å². The number of rotatable bonds is 1. The van der Waals surface area contributed by atoms with E-state index in [1.807, 2.05) is 38.1 Å². The number of carbonyl (C=O) groups is 1. The Morgan fingerprint density at radius 3 is 3.03 bits per heavy atom. The van der Waals surface area contributed by atoms with Gasteiger partial charge in [0, 0.05) is 16.7 Å². The van der Waals surface area contributed by atoms with Gasteiger partial charge in [0.05, 0.1) is 12.2 Å². The zero-order valence-electron chi connectivity index (χ0n) is 18.0. The number of oxime groups is 1. The Morgan fingerprint density at radius 2 is 2.19 bits per heavy atom. The number of nitrogens with zero attached hydrogens (tertiary/aromatic N) is 3. The lowest BCUT2D eigenvalue weighted by atomic mass is 10.1. The predicted octanol–water partition coefficient (Wildman–Crippen LogP) is 4.07. The molecule has 0 aromatic carbocycles. The fourth-order valence-electron chi connectivity index (χ4n) is 3.76. The third-order valence-electron chi connectivity index (χ3n) is 5.28. The second kappa shape index (κ2) is 9.17. The van der Waals surface area contributed by atoms with Gasteiger partial charge >= 0.3 is 6.09 Å². The van der Waals surface area contributed by atoms with Crippen LogP contribution in [-0.4, -0.2) is 51.0 Å². The summed E-state index contributed by atoms with van der Waals surface area (Å²) in [5.74, 6) is 1.57. The summed E-state index contributed by atoms with van der Waals surface area (Å²) in [6, 6.07) is 7.69. The molecule has 2 aromatic heterocycles. The van der Waals surface area contributed by atoms with Crippen molar-refractivity contribution < 1.29 is 14.4 Å². The SMILES string of the molecule is CC(C)/C1=N\OCCNC(=O)O[C@@H]2CC[C@@](C)(C2)Sc2cc([nH]n2)Nc2cccc1n2. The van der Waals surface area contributed by atoms with Crippen LogP contribution in [0.25, 0.3) is 0 Å². The minimum absolute atomic E-state index is 0.0401. The molecule has 2 atom stereocenters. The molecule has 31 heavy (non-hydrogen) atoms. The van der Waals surface area contributed by atoms with Gasteiger partial charge in [0.2, 0.25) is 0 Å². The number of aromatic nitrogens is 3. The lowest BCUT2D eigenvalue weighted by molar-refractivity contribution is 0.0935. The van der Waals surface area contributed by atoms with Crippen molar-refractivity contribution >= 4 is 35.2 Å². The van der Waals surface area contributed by atoms with E-state index >= 15 is 0 Å². The smallest absolute Gasteiger partial charge is 0.407 e. The highest BCUT2D eigenvalue weighted by Gasteiger charge is 2.38. The Morgan fingerprint density at radius 1 is 1.32 bits per heavy atom. The average molecular weight is 445 g/mol. The molecule has 9 nitrogen and oxygen atoms in total. The van der Waals surface area contributed by atoms with Crippen molar-refractivity contribution in [2.45, 2.75) is 55.9 Å². The number of ether oxygens (including phenoxy) is 1. The highest BCUT2D eigenvalue weighted by atomic mass is 32.2. The van der Waals surface area contributed by atoms with Crippen LogP contribution in [0.15, 0.2) is 34.4 Å². The molecule has 3 heterocycles. The number of hydrogen-bond acceptors (Lipinski definition) is 8. The van der Waals surface area contributed by atoms with Crippen molar-refractivity contribution in [3.8, 4) is 0 Å². The number of thioether (sulfide) groups is 1.